The lowest BCUT2D eigenvalue weighted by molar-refractivity contribution is -0.126. The van der Waals surface area contributed by atoms with Gasteiger partial charge in [-0.3, -0.25) is 19.9 Å². The number of carbonyl (C=O) groups excluding carboxylic acids is 2. The number of piperazine rings is 1. The number of aromatic carboxylic acids is 1. The predicted molar refractivity (Wildman–Crippen MR) is 67.8 cm³/mol. The Kier molecular flexibility index (Phi) is 4.26. The van der Waals surface area contributed by atoms with E-state index in [0.717, 1.165) is 0 Å². The quantitative estimate of drug-likeness (QED) is 0.531. The van der Waals surface area contributed by atoms with Gasteiger partial charge < -0.3 is 15.7 Å². The molecule has 1 aromatic rings. The van der Waals surface area contributed by atoms with Gasteiger partial charge in [-0.15, -0.1) is 0 Å². The second kappa shape index (κ2) is 6.11. The number of nitrogens with zero attached hydrogens (tertiary/aromatic N) is 1. The van der Waals surface area contributed by atoms with Crippen LogP contribution < -0.4 is 16.0 Å². The van der Waals surface area contributed by atoms with Gasteiger partial charge >= 0.3 is 5.97 Å². The van der Waals surface area contributed by atoms with Crippen LogP contribution in [0.3, 0.4) is 0 Å². The Morgan fingerprint density at radius 1 is 1.50 bits per heavy atom. The third kappa shape index (κ3) is 3.51. The molecular weight excluding hydrogens is 264 g/mol. The average Bonchev–Trinajstić information content (AvgIpc) is 2.46. The van der Waals surface area contributed by atoms with Gasteiger partial charge in [-0.05, 0) is 12.1 Å². The number of carboxylic acid groups (broad SMARTS) is 1. The minimum absolute atomic E-state index is 0.102. The molecule has 1 fully saturated rings. The molecule has 0 saturated carbocycles. The summed E-state index contributed by atoms with van der Waals surface area (Å²) in [5.74, 6) is -1.46. The maximum atomic E-state index is 11.8. The first-order valence-electron chi connectivity index (χ1n) is 6.02. The molecule has 1 unspecified atom stereocenters. The number of amides is 2. The summed E-state index contributed by atoms with van der Waals surface area (Å²) in [6, 6.07) is 2.29. The van der Waals surface area contributed by atoms with Crippen molar-refractivity contribution in [2.75, 3.05) is 13.1 Å². The molecule has 1 aromatic heterocycles. The number of aromatic nitrogens is 1. The third-order valence-electron chi connectivity index (χ3n) is 2.84. The van der Waals surface area contributed by atoms with Gasteiger partial charge in [0, 0.05) is 12.7 Å². The standard InChI is InChI=1S/C12H14N4O4/c17-10-6-14-9(5-15-10)11(18)16-4-8-3-7(12(19)20)1-2-13-8/h1-3,9,14H,4-6H2,(H,15,17)(H,16,18)(H,19,20). The first-order chi connectivity index (χ1) is 9.56. The van der Waals surface area contributed by atoms with Crippen LogP contribution in [0.25, 0.3) is 0 Å². The summed E-state index contributed by atoms with van der Waals surface area (Å²) in [7, 11) is 0. The maximum Gasteiger partial charge on any atom is 0.335 e. The van der Waals surface area contributed by atoms with E-state index in [1.54, 1.807) is 0 Å². The van der Waals surface area contributed by atoms with E-state index < -0.39 is 12.0 Å². The van der Waals surface area contributed by atoms with E-state index in [-0.39, 0.29) is 37.0 Å². The second-order valence-electron chi connectivity index (χ2n) is 4.30. The SMILES string of the molecule is O=C1CNC(C(=O)NCc2cc(C(=O)O)ccn2)CN1. The highest BCUT2D eigenvalue weighted by Gasteiger charge is 2.23. The normalized spacial score (nSPS) is 18.2. The van der Waals surface area contributed by atoms with Gasteiger partial charge in [0.15, 0.2) is 0 Å². The molecule has 0 aliphatic carbocycles. The molecule has 1 aliphatic heterocycles. The minimum Gasteiger partial charge on any atom is -0.478 e. The molecule has 1 saturated heterocycles. The van der Waals surface area contributed by atoms with Crippen molar-refractivity contribution in [3.63, 3.8) is 0 Å². The fourth-order valence-electron chi connectivity index (χ4n) is 1.76. The van der Waals surface area contributed by atoms with Gasteiger partial charge in [0.2, 0.25) is 11.8 Å². The van der Waals surface area contributed by atoms with Crippen LogP contribution in [0.2, 0.25) is 0 Å². The van der Waals surface area contributed by atoms with E-state index in [2.05, 4.69) is 20.9 Å². The molecule has 20 heavy (non-hydrogen) atoms. The zero-order chi connectivity index (χ0) is 14.5. The van der Waals surface area contributed by atoms with E-state index in [4.69, 9.17) is 5.11 Å². The molecule has 0 bridgehead atoms. The summed E-state index contributed by atoms with van der Waals surface area (Å²) in [6.07, 6.45) is 1.38. The number of hydrogen-bond acceptors (Lipinski definition) is 5. The van der Waals surface area contributed by atoms with Crippen LogP contribution in [-0.4, -0.2) is 47.0 Å². The molecule has 0 radical (unpaired) electrons. The number of carboxylic acids is 1. The van der Waals surface area contributed by atoms with Crippen molar-refractivity contribution in [3.05, 3.63) is 29.6 Å². The van der Waals surface area contributed by atoms with E-state index in [9.17, 15) is 14.4 Å². The Morgan fingerprint density at radius 3 is 2.95 bits per heavy atom. The fraction of sp³-hybridized carbons (Fsp3) is 0.333. The molecule has 8 heteroatoms. The van der Waals surface area contributed by atoms with Crippen molar-refractivity contribution in [3.8, 4) is 0 Å². The highest BCUT2D eigenvalue weighted by molar-refractivity contribution is 5.88. The van der Waals surface area contributed by atoms with E-state index in [1.807, 2.05) is 0 Å². The molecule has 2 amide bonds. The van der Waals surface area contributed by atoms with Crippen molar-refractivity contribution < 1.29 is 19.5 Å². The molecule has 1 atom stereocenters. The lowest BCUT2D eigenvalue weighted by Crippen LogP contribution is -2.57. The number of rotatable bonds is 4. The molecule has 1 aliphatic rings. The lowest BCUT2D eigenvalue weighted by Gasteiger charge is -2.23. The van der Waals surface area contributed by atoms with Crippen LogP contribution in [0.1, 0.15) is 16.1 Å². The molecule has 4 N–H and O–H groups in total. The first kappa shape index (κ1) is 13.9. The van der Waals surface area contributed by atoms with Crippen molar-refractivity contribution in [2.24, 2.45) is 0 Å². The summed E-state index contributed by atoms with van der Waals surface area (Å²) in [4.78, 5) is 37.6. The lowest BCUT2D eigenvalue weighted by atomic mass is 10.2. The Balaban J connectivity index is 1.88. The zero-order valence-corrected chi connectivity index (χ0v) is 10.5. The Bertz CT molecular complexity index is 536. The van der Waals surface area contributed by atoms with Crippen LogP contribution in [-0.2, 0) is 16.1 Å². The molecule has 2 rings (SSSR count). The summed E-state index contributed by atoms with van der Waals surface area (Å²) in [5.41, 5.74) is 0.574. The molecule has 8 nitrogen and oxygen atoms in total. The van der Waals surface area contributed by atoms with Crippen molar-refractivity contribution in [1.29, 1.82) is 0 Å². The van der Waals surface area contributed by atoms with Gasteiger partial charge in [-0.2, -0.15) is 0 Å². The molecule has 106 valence electrons. The van der Waals surface area contributed by atoms with Crippen molar-refractivity contribution >= 4 is 17.8 Å². The average molecular weight is 278 g/mol. The molecule has 0 aromatic carbocycles. The van der Waals surface area contributed by atoms with E-state index in [0.29, 0.717) is 5.69 Å². The summed E-state index contributed by atoms with van der Waals surface area (Å²) < 4.78 is 0. The Morgan fingerprint density at radius 2 is 2.30 bits per heavy atom. The van der Waals surface area contributed by atoms with Crippen LogP contribution in [0.4, 0.5) is 0 Å². The van der Waals surface area contributed by atoms with Crippen molar-refractivity contribution in [2.45, 2.75) is 12.6 Å². The molecule has 0 spiro atoms. The zero-order valence-electron chi connectivity index (χ0n) is 10.5. The van der Waals surface area contributed by atoms with Gasteiger partial charge in [0.25, 0.3) is 0 Å². The number of carbonyl (C=O) groups is 3. The van der Waals surface area contributed by atoms with Crippen LogP contribution in [0.15, 0.2) is 18.3 Å². The summed E-state index contributed by atoms with van der Waals surface area (Å²) in [6.45, 7) is 0.462. The number of nitrogens with one attached hydrogen (secondary N) is 3. The van der Waals surface area contributed by atoms with Crippen LogP contribution >= 0.6 is 0 Å². The Hall–Kier alpha value is -2.48. The molecule has 2 heterocycles. The smallest absolute Gasteiger partial charge is 0.335 e. The number of pyridine rings is 1. The van der Waals surface area contributed by atoms with Gasteiger partial charge in [-0.1, -0.05) is 0 Å². The fourth-order valence-corrected chi connectivity index (χ4v) is 1.76. The number of hydrogen-bond donors (Lipinski definition) is 4. The monoisotopic (exact) mass is 278 g/mol. The third-order valence-corrected chi connectivity index (χ3v) is 2.84. The van der Waals surface area contributed by atoms with Crippen LogP contribution in [0, 0.1) is 0 Å². The molecular formula is C12H14N4O4. The highest BCUT2D eigenvalue weighted by atomic mass is 16.4. The van der Waals surface area contributed by atoms with E-state index >= 15 is 0 Å². The topological polar surface area (TPSA) is 120 Å². The van der Waals surface area contributed by atoms with Crippen molar-refractivity contribution in [1.82, 2.24) is 20.9 Å². The van der Waals surface area contributed by atoms with E-state index in [1.165, 1.54) is 18.3 Å². The van der Waals surface area contributed by atoms with Gasteiger partial charge in [0.05, 0.1) is 24.3 Å². The predicted octanol–water partition coefficient (Wildman–Crippen LogP) is -1.52. The van der Waals surface area contributed by atoms with Gasteiger partial charge in [-0.25, -0.2) is 4.79 Å². The minimum atomic E-state index is -1.04. The largest absolute Gasteiger partial charge is 0.478 e. The second-order valence-corrected chi connectivity index (χ2v) is 4.30. The maximum absolute atomic E-state index is 11.8. The van der Waals surface area contributed by atoms with Crippen LogP contribution in [0.5, 0.6) is 0 Å². The van der Waals surface area contributed by atoms with Gasteiger partial charge in [0.1, 0.15) is 6.04 Å². The highest BCUT2D eigenvalue weighted by Crippen LogP contribution is 2.02. The summed E-state index contributed by atoms with van der Waals surface area (Å²) >= 11 is 0. The summed E-state index contributed by atoms with van der Waals surface area (Å²) in [5, 5.41) is 16.9. The first-order valence-corrected chi connectivity index (χ1v) is 6.02. The Labute approximate surface area is 114 Å².